The molecule has 0 radical (unpaired) electrons. The molecule has 1 aliphatic rings. The molecule has 1 aromatic rings. The Morgan fingerprint density at radius 1 is 1.53 bits per heavy atom. The lowest BCUT2D eigenvalue weighted by Crippen LogP contribution is -2.47. The first kappa shape index (κ1) is 14.1. The first-order valence-corrected chi connectivity index (χ1v) is 6.96. The summed E-state index contributed by atoms with van der Waals surface area (Å²) in [6, 6.07) is 1.88. The Bertz CT molecular complexity index is 436. The fourth-order valence-electron chi connectivity index (χ4n) is 2.84. The van der Waals surface area contributed by atoms with Crippen molar-refractivity contribution < 1.29 is 9.32 Å². The minimum absolute atomic E-state index is 0.196. The molecule has 5 nitrogen and oxygen atoms in total. The molecule has 0 aromatic carbocycles. The molecule has 1 amide bonds. The number of hydrogen-bond acceptors (Lipinski definition) is 4. The number of hydrogen-bond donors (Lipinski definition) is 1. The monoisotopic (exact) mass is 265 g/mol. The largest absolute Gasteiger partial charge is 0.361 e. The second kappa shape index (κ2) is 5.74. The van der Waals surface area contributed by atoms with E-state index in [-0.39, 0.29) is 11.3 Å². The molecule has 0 spiro atoms. The summed E-state index contributed by atoms with van der Waals surface area (Å²) < 4.78 is 5.04. The van der Waals surface area contributed by atoms with Gasteiger partial charge < -0.3 is 14.7 Å². The van der Waals surface area contributed by atoms with Gasteiger partial charge in [-0.1, -0.05) is 12.1 Å². The highest BCUT2D eigenvalue weighted by Crippen LogP contribution is 2.34. The van der Waals surface area contributed by atoms with Gasteiger partial charge in [0.15, 0.2) is 0 Å². The third-order valence-electron chi connectivity index (χ3n) is 4.11. The maximum Gasteiger partial charge on any atom is 0.228 e. The standard InChI is InChI=1S/C14H23N3O2/c1-4-14(5-7-15-8-6-14)13(18)17(3)10-12-9-11(2)19-16-12/h9,15H,4-8,10H2,1-3H3. The second-order valence-electron chi connectivity index (χ2n) is 5.47. The van der Waals surface area contributed by atoms with Crippen LogP contribution in [0.2, 0.25) is 0 Å². The number of nitrogens with zero attached hydrogens (tertiary/aromatic N) is 2. The molecule has 0 aliphatic carbocycles. The van der Waals surface area contributed by atoms with Crippen molar-refractivity contribution >= 4 is 5.91 Å². The second-order valence-corrected chi connectivity index (χ2v) is 5.47. The summed E-state index contributed by atoms with van der Waals surface area (Å²) >= 11 is 0. The number of carbonyl (C=O) groups excluding carboxylic acids is 1. The number of aromatic nitrogens is 1. The van der Waals surface area contributed by atoms with Gasteiger partial charge in [-0.2, -0.15) is 0 Å². The zero-order chi connectivity index (χ0) is 13.9. The molecule has 19 heavy (non-hydrogen) atoms. The van der Waals surface area contributed by atoms with E-state index in [4.69, 9.17) is 4.52 Å². The van der Waals surface area contributed by atoms with E-state index in [1.807, 2.05) is 20.0 Å². The average Bonchev–Trinajstić information content (AvgIpc) is 2.84. The maximum atomic E-state index is 12.7. The number of carbonyl (C=O) groups is 1. The maximum absolute atomic E-state index is 12.7. The third-order valence-corrected chi connectivity index (χ3v) is 4.11. The van der Waals surface area contributed by atoms with Crippen molar-refractivity contribution in [2.45, 2.75) is 39.7 Å². The van der Waals surface area contributed by atoms with Crippen molar-refractivity contribution in [3.8, 4) is 0 Å². The van der Waals surface area contributed by atoms with E-state index in [1.165, 1.54) is 0 Å². The van der Waals surface area contributed by atoms with Gasteiger partial charge in [-0.05, 0) is 39.3 Å². The van der Waals surface area contributed by atoms with Crippen molar-refractivity contribution in [3.63, 3.8) is 0 Å². The molecule has 0 atom stereocenters. The van der Waals surface area contributed by atoms with Crippen LogP contribution in [0.4, 0.5) is 0 Å². The minimum Gasteiger partial charge on any atom is -0.361 e. The van der Waals surface area contributed by atoms with Crippen molar-refractivity contribution in [2.24, 2.45) is 5.41 Å². The zero-order valence-corrected chi connectivity index (χ0v) is 12.0. The van der Waals surface area contributed by atoms with Gasteiger partial charge in [-0.15, -0.1) is 0 Å². The fraction of sp³-hybridized carbons (Fsp3) is 0.714. The van der Waals surface area contributed by atoms with Crippen LogP contribution in [0, 0.1) is 12.3 Å². The van der Waals surface area contributed by atoms with Gasteiger partial charge >= 0.3 is 0 Å². The summed E-state index contributed by atoms with van der Waals surface area (Å²) in [6.07, 6.45) is 2.74. The quantitative estimate of drug-likeness (QED) is 0.900. The Labute approximate surface area is 114 Å². The van der Waals surface area contributed by atoms with Gasteiger partial charge in [-0.3, -0.25) is 4.79 Å². The Morgan fingerprint density at radius 3 is 2.74 bits per heavy atom. The van der Waals surface area contributed by atoms with Gasteiger partial charge in [-0.25, -0.2) is 0 Å². The van der Waals surface area contributed by atoms with Crippen LogP contribution in [0.15, 0.2) is 10.6 Å². The first-order valence-electron chi connectivity index (χ1n) is 6.96. The Kier molecular flexibility index (Phi) is 4.24. The van der Waals surface area contributed by atoms with E-state index < -0.39 is 0 Å². The predicted molar refractivity (Wildman–Crippen MR) is 72.5 cm³/mol. The number of aryl methyl sites for hydroxylation is 1. The molecule has 1 N–H and O–H groups in total. The Morgan fingerprint density at radius 2 is 2.21 bits per heavy atom. The summed E-state index contributed by atoms with van der Waals surface area (Å²) in [4.78, 5) is 14.5. The molecule has 2 heterocycles. The third kappa shape index (κ3) is 2.97. The summed E-state index contributed by atoms with van der Waals surface area (Å²) in [5.41, 5.74) is 0.618. The van der Waals surface area contributed by atoms with E-state index in [1.54, 1.807) is 4.90 Å². The van der Waals surface area contributed by atoms with Gasteiger partial charge in [0.25, 0.3) is 0 Å². The van der Waals surface area contributed by atoms with Crippen molar-refractivity contribution in [3.05, 3.63) is 17.5 Å². The van der Waals surface area contributed by atoms with Crippen LogP contribution in [0.3, 0.4) is 0 Å². The molecule has 1 saturated heterocycles. The summed E-state index contributed by atoms with van der Waals surface area (Å²) in [5, 5.41) is 7.27. The number of amides is 1. The Hall–Kier alpha value is -1.36. The SMILES string of the molecule is CCC1(C(=O)N(C)Cc2cc(C)on2)CCNCC1. The molecule has 0 saturated carbocycles. The molecule has 0 bridgehead atoms. The number of rotatable bonds is 4. The topological polar surface area (TPSA) is 58.4 Å². The summed E-state index contributed by atoms with van der Waals surface area (Å²) in [7, 11) is 1.85. The van der Waals surface area contributed by atoms with Crippen LogP contribution < -0.4 is 5.32 Å². The van der Waals surface area contributed by atoms with E-state index in [9.17, 15) is 4.79 Å². The predicted octanol–water partition coefficient (Wildman–Crippen LogP) is 1.72. The molecule has 106 valence electrons. The molecule has 5 heteroatoms. The van der Waals surface area contributed by atoms with E-state index in [0.29, 0.717) is 6.54 Å². The van der Waals surface area contributed by atoms with Crippen molar-refractivity contribution in [2.75, 3.05) is 20.1 Å². The molecular weight excluding hydrogens is 242 g/mol. The van der Waals surface area contributed by atoms with E-state index in [2.05, 4.69) is 17.4 Å². The number of piperidine rings is 1. The molecule has 0 unspecified atom stereocenters. The van der Waals surface area contributed by atoms with Crippen LogP contribution in [0.1, 0.15) is 37.6 Å². The van der Waals surface area contributed by atoms with Crippen molar-refractivity contribution in [1.29, 1.82) is 0 Å². The highest BCUT2D eigenvalue weighted by molar-refractivity contribution is 5.82. The van der Waals surface area contributed by atoms with Gasteiger partial charge in [0.2, 0.25) is 5.91 Å². The van der Waals surface area contributed by atoms with Crippen LogP contribution in [-0.2, 0) is 11.3 Å². The summed E-state index contributed by atoms with van der Waals surface area (Å²) in [5.74, 6) is 1.01. The lowest BCUT2D eigenvalue weighted by Gasteiger charge is -2.38. The van der Waals surface area contributed by atoms with Crippen LogP contribution in [0.25, 0.3) is 0 Å². The van der Waals surface area contributed by atoms with E-state index in [0.717, 1.165) is 43.8 Å². The van der Waals surface area contributed by atoms with Crippen LogP contribution in [0.5, 0.6) is 0 Å². The van der Waals surface area contributed by atoms with Crippen molar-refractivity contribution in [1.82, 2.24) is 15.4 Å². The smallest absolute Gasteiger partial charge is 0.228 e. The zero-order valence-electron chi connectivity index (χ0n) is 12.0. The van der Waals surface area contributed by atoms with Crippen LogP contribution in [-0.4, -0.2) is 36.1 Å². The van der Waals surface area contributed by atoms with E-state index >= 15 is 0 Å². The first-order chi connectivity index (χ1) is 9.07. The Balaban J connectivity index is 2.04. The van der Waals surface area contributed by atoms with Gasteiger partial charge in [0.1, 0.15) is 11.5 Å². The minimum atomic E-state index is -0.196. The fourth-order valence-corrected chi connectivity index (χ4v) is 2.84. The molecule has 1 aliphatic heterocycles. The number of nitrogens with one attached hydrogen (secondary N) is 1. The highest BCUT2D eigenvalue weighted by atomic mass is 16.5. The molecular formula is C14H23N3O2. The average molecular weight is 265 g/mol. The lowest BCUT2D eigenvalue weighted by atomic mass is 9.75. The van der Waals surface area contributed by atoms with Crippen LogP contribution >= 0.6 is 0 Å². The molecule has 1 aromatic heterocycles. The molecule has 2 rings (SSSR count). The van der Waals surface area contributed by atoms with Gasteiger partial charge in [0, 0.05) is 13.1 Å². The normalized spacial score (nSPS) is 18.3. The van der Waals surface area contributed by atoms with Gasteiger partial charge in [0.05, 0.1) is 12.0 Å². The highest BCUT2D eigenvalue weighted by Gasteiger charge is 2.39. The lowest BCUT2D eigenvalue weighted by molar-refractivity contribution is -0.143. The summed E-state index contributed by atoms with van der Waals surface area (Å²) in [6.45, 7) is 6.34. The molecule has 1 fully saturated rings.